The van der Waals surface area contributed by atoms with Crippen molar-refractivity contribution in [1.82, 2.24) is 9.88 Å². The summed E-state index contributed by atoms with van der Waals surface area (Å²) in [7, 11) is 0. The molecule has 0 spiro atoms. The summed E-state index contributed by atoms with van der Waals surface area (Å²) in [6, 6.07) is 1.90. The lowest BCUT2D eigenvalue weighted by Gasteiger charge is -2.42. The van der Waals surface area contributed by atoms with Crippen molar-refractivity contribution in [2.24, 2.45) is 0 Å². The van der Waals surface area contributed by atoms with Gasteiger partial charge in [-0.2, -0.15) is 23.4 Å². The van der Waals surface area contributed by atoms with Crippen molar-refractivity contribution in [2.45, 2.75) is 70.3 Å². The van der Waals surface area contributed by atoms with Crippen molar-refractivity contribution in [3.8, 4) is 11.9 Å². The van der Waals surface area contributed by atoms with E-state index in [9.17, 15) is 27.5 Å². The molecule has 30 heavy (non-hydrogen) atoms. The first kappa shape index (κ1) is 23.5. The van der Waals surface area contributed by atoms with Crippen LogP contribution in [0.2, 0.25) is 0 Å². The average molecular weight is 432 g/mol. The Labute approximate surface area is 171 Å². The molecule has 1 amide bonds. The van der Waals surface area contributed by atoms with E-state index in [1.54, 1.807) is 6.07 Å². The number of nitrogens with one attached hydrogen (secondary N) is 1. The van der Waals surface area contributed by atoms with Gasteiger partial charge in [-0.25, -0.2) is 9.18 Å². The highest BCUT2D eigenvalue weighted by atomic mass is 19.4. The number of carboxylic acid groups (broad SMARTS) is 1. The van der Waals surface area contributed by atoms with E-state index >= 15 is 0 Å². The Bertz CT molecular complexity index is 810. The zero-order valence-electron chi connectivity index (χ0n) is 16.9. The molecule has 2 N–H and O–H groups in total. The van der Waals surface area contributed by atoms with Crippen LogP contribution in [0.4, 0.5) is 28.2 Å². The highest BCUT2D eigenvalue weighted by molar-refractivity contribution is 5.66. The Kier molecular flexibility index (Phi) is 7.00. The normalized spacial score (nSPS) is 19.7. The summed E-state index contributed by atoms with van der Waals surface area (Å²) in [5.74, 6) is -1.78. The number of anilines is 1. The van der Waals surface area contributed by atoms with Gasteiger partial charge in [-0.1, -0.05) is 0 Å². The Hall–Kier alpha value is -2.77. The van der Waals surface area contributed by atoms with E-state index in [-0.39, 0.29) is 17.9 Å². The van der Waals surface area contributed by atoms with Gasteiger partial charge >= 0.3 is 12.3 Å². The predicted octanol–water partition coefficient (Wildman–Crippen LogP) is 4.54. The van der Waals surface area contributed by atoms with Crippen LogP contribution in [0.1, 0.15) is 52.0 Å². The second kappa shape index (κ2) is 8.93. The SMILES string of the molecule is CC(C)(C)N(C(=O)O)[C@H]1CC[C@H](Nc2nc(OCC(F)(F)F)c(C#N)cc2F)CC1. The van der Waals surface area contributed by atoms with Crippen LogP contribution in [0.25, 0.3) is 0 Å². The second-order valence-electron chi connectivity index (χ2n) is 8.16. The van der Waals surface area contributed by atoms with Gasteiger partial charge in [0.2, 0.25) is 5.88 Å². The first-order valence-electron chi connectivity index (χ1n) is 9.41. The summed E-state index contributed by atoms with van der Waals surface area (Å²) in [6.45, 7) is 3.78. The molecule has 2 rings (SSSR count). The lowest BCUT2D eigenvalue weighted by molar-refractivity contribution is -0.154. The lowest BCUT2D eigenvalue weighted by Crippen LogP contribution is -2.52. The molecule has 0 aromatic carbocycles. The summed E-state index contributed by atoms with van der Waals surface area (Å²) in [6.07, 6.45) is -3.52. The number of amides is 1. The maximum atomic E-state index is 14.3. The van der Waals surface area contributed by atoms with Crippen molar-refractivity contribution in [3.05, 3.63) is 17.4 Å². The molecule has 1 aromatic heterocycles. The summed E-state index contributed by atoms with van der Waals surface area (Å²) >= 11 is 0. The van der Waals surface area contributed by atoms with E-state index in [1.165, 1.54) is 4.90 Å². The van der Waals surface area contributed by atoms with Crippen molar-refractivity contribution in [3.63, 3.8) is 0 Å². The van der Waals surface area contributed by atoms with E-state index in [0.29, 0.717) is 25.7 Å². The Morgan fingerprint density at radius 1 is 1.33 bits per heavy atom. The number of pyridine rings is 1. The molecular weight excluding hydrogens is 408 g/mol. The van der Waals surface area contributed by atoms with Gasteiger partial charge in [0.05, 0.1) is 0 Å². The molecule has 1 fully saturated rings. The first-order chi connectivity index (χ1) is 13.8. The molecule has 0 atom stereocenters. The topological polar surface area (TPSA) is 98.5 Å². The number of carbonyl (C=O) groups is 1. The molecule has 11 heteroatoms. The van der Waals surface area contributed by atoms with Gasteiger partial charge in [0.25, 0.3) is 0 Å². The number of aromatic nitrogens is 1. The number of halogens is 4. The molecule has 1 aliphatic rings. The third kappa shape index (κ3) is 6.11. The zero-order valence-corrected chi connectivity index (χ0v) is 16.9. The molecule has 0 radical (unpaired) electrons. The monoisotopic (exact) mass is 432 g/mol. The fourth-order valence-corrected chi connectivity index (χ4v) is 3.58. The molecule has 0 saturated heterocycles. The van der Waals surface area contributed by atoms with E-state index in [2.05, 4.69) is 15.0 Å². The Morgan fingerprint density at radius 3 is 2.40 bits per heavy atom. The van der Waals surface area contributed by atoms with Crippen molar-refractivity contribution >= 4 is 11.9 Å². The number of nitrogens with zero attached hydrogens (tertiary/aromatic N) is 3. The Morgan fingerprint density at radius 2 is 1.93 bits per heavy atom. The number of hydrogen-bond donors (Lipinski definition) is 2. The maximum absolute atomic E-state index is 14.3. The van der Waals surface area contributed by atoms with Gasteiger partial charge in [-0.15, -0.1) is 0 Å². The molecule has 7 nitrogen and oxygen atoms in total. The van der Waals surface area contributed by atoms with Gasteiger partial charge < -0.3 is 20.1 Å². The van der Waals surface area contributed by atoms with E-state index in [1.807, 2.05) is 20.8 Å². The van der Waals surface area contributed by atoms with Crippen LogP contribution in [0.15, 0.2) is 6.07 Å². The summed E-state index contributed by atoms with van der Waals surface area (Å²) in [5, 5.41) is 21.3. The first-order valence-corrected chi connectivity index (χ1v) is 9.41. The third-order valence-electron chi connectivity index (χ3n) is 4.77. The smallest absolute Gasteiger partial charge is 0.422 e. The fourth-order valence-electron chi connectivity index (χ4n) is 3.58. The molecule has 0 bridgehead atoms. The van der Waals surface area contributed by atoms with Crippen molar-refractivity contribution in [1.29, 1.82) is 5.26 Å². The third-order valence-corrected chi connectivity index (χ3v) is 4.77. The fraction of sp³-hybridized carbons (Fsp3) is 0.632. The van der Waals surface area contributed by atoms with Crippen LogP contribution in [0, 0.1) is 17.1 Å². The van der Waals surface area contributed by atoms with Gasteiger partial charge in [0.15, 0.2) is 18.2 Å². The van der Waals surface area contributed by atoms with Gasteiger partial charge in [-0.05, 0) is 46.5 Å². The van der Waals surface area contributed by atoms with Crippen LogP contribution in [0.3, 0.4) is 0 Å². The summed E-state index contributed by atoms with van der Waals surface area (Å²) in [5.41, 5.74) is -1.00. The molecule has 1 aromatic rings. The number of rotatable bonds is 5. The maximum Gasteiger partial charge on any atom is 0.422 e. The zero-order chi connectivity index (χ0) is 22.7. The second-order valence-corrected chi connectivity index (χ2v) is 8.16. The number of alkyl halides is 3. The molecular formula is C19H24F4N4O3. The van der Waals surface area contributed by atoms with Crippen LogP contribution in [0.5, 0.6) is 5.88 Å². The quantitative estimate of drug-likeness (QED) is 0.663. The number of ether oxygens (including phenoxy) is 1. The lowest BCUT2D eigenvalue weighted by atomic mass is 9.88. The molecule has 0 aliphatic heterocycles. The highest BCUT2D eigenvalue weighted by Crippen LogP contribution is 2.31. The largest absolute Gasteiger partial charge is 0.467 e. The minimum Gasteiger partial charge on any atom is -0.467 e. The summed E-state index contributed by atoms with van der Waals surface area (Å²) < 4.78 is 56.0. The molecule has 166 valence electrons. The minimum absolute atomic E-state index is 0.190. The Balaban J connectivity index is 2.09. The van der Waals surface area contributed by atoms with Crippen molar-refractivity contribution in [2.75, 3.05) is 11.9 Å². The predicted molar refractivity (Wildman–Crippen MR) is 99.7 cm³/mol. The standard InChI is InChI=1S/C19H24F4N4O3/c1-18(2,3)27(17(28)29)13-6-4-12(5-7-13)25-15-14(20)8-11(9-24)16(26-15)30-10-19(21,22)23/h8,12-13H,4-7,10H2,1-3H3,(H,25,26)(H,28,29)/t12-,13-. The number of hydrogen-bond acceptors (Lipinski definition) is 5. The van der Waals surface area contributed by atoms with Gasteiger partial charge in [-0.3, -0.25) is 0 Å². The molecule has 0 unspecified atom stereocenters. The average Bonchev–Trinajstić information content (AvgIpc) is 2.61. The van der Waals surface area contributed by atoms with Gasteiger partial charge in [0.1, 0.15) is 11.6 Å². The van der Waals surface area contributed by atoms with E-state index in [0.717, 1.165) is 6.07 Å². The molecule has 1 saturated carbocycles. The van der Waals surface area contributed by atoms with Crippen LogP contribution in [-0.2, 0) is 0 Å². The number of nitriles is 1. The molecule has 1 heterocycles. The summed E-state index contributed by atoms with van der Waals surface area (Å²) in [4.78, 5) is 16.8. The van der Waals surface area contributed by atoms with E-state index in [4.69, 9.17) is 5.26 Å². The minimum atomic E-state index is -4.63. The van der Waals surface area contributed by atoms with Crippen LogP contribution < -0.4 is 10.1 Å². The van der Waals surface area contributed by atoms with E-state index < -0.39 is 41.7 Å². The van der Waals surface area contributed by atoms with Crippen LogP contribution in [-0.4, -0.2) is 51.5 Å². The van der Waals surface area contributed by atoms with Crippen molar-refractivity contribution < 1.29 is 32.2 Å². The van der Waals surface area contributed by atoms with Gasteiger partial charge in [0, 0.05) is 23.7 Å². The highest BCUT2D eigenvalue weighted by Gasteiger charge is 2.36. The molecule has 1 aliphatic carbocycles. The van der Waals surface area contributed by atoms with Crippen LogP contribution >= 0.6 is 0 Å².